The van der Waals surface area contributed by atoms with E-state index in [1.54, 1.807) is 38.4 Å². The minimum Gasteiger partial charge on any atom is -0.357 e. The number of nitrogens with zero attached hydrogens (tertiary/aromatic N) is 7. The van der Waals surface area contributed by atoms with Crippen LogP contribution in [0.25, 0.3) is 0 Å². The molecular weight excluding hydrogens is 544 g/mol. The molecule has 0 saturated carbocycles. The number of nitrogens with one attached hydrogen (secondary N) is 5. The molecule has 18 nitrogen and oxygen atoms in total. The lowest BCUT2D eigenvalue weighted by molar-refractivity contribution is -0.432. The van der Waals surface area contributed by atoms with Crippen molar-refractivity contribution >= 4 is 75.4 Å². The SMILES string of the molecule is CNc1nc(/N=C\CSOOO)nc(Nc2ccc(Nc3nc(NC)nc(NCCS(=O)(=O)O)n3)cc2)n1. The first-order valence-electron chi connectivity index (χ1n) is 10.6. The van der Waals surface area contributed by atoms with Crippen molar-refractivity contribution in [3.63, 3.8) is 0 Å². The number of aromatic nitrogens is 6. The number of hydrogen-bond donors (Lipinski definition) is 7. The van der Waals surface area contributed by atoms with Gasteiger partial charge in [0, 0.05) is 50.3 Å². The number of aliphatic imine (C=N–C) groups is 1. The average Bonchev–Trinajstić information content (AvgIpc) is 2.88. The summed E-state index contributed by atoms with van der Waals surface area (Å²) in [6.45, 7) is -0.0861. The van der Waals surface area contributed by atoms with Gasteiger partial charge in [0.25, 0.3) is 16.1 Å². The van der Waals surface area contributed by atoms with Gasteiger partial charge in [-0.25, -0.2) is 10.2 Å². The third kappa shape index (κ3) is 9.84. The van der Waals surface area contributed by atoms with E-state index in [4.69, 9.17) is 9.81 Å². The summed E-state index contributed by atoms with van der Waals surface area (Å²) in [6, 6.07) is 7.05. The van der Waals surface area contributed by atoms with Gasteiger partial charge in [-0.2, -0.15) is 38.3 Å². The van der Waals surface area contributed by atoms with Crippen molar-refractivity contribution in [2.24, 2.45) is 4.99 Å². The molecule has 0 aliphatic carbocycles. The van der Waals surface area contributed by atoms with Crippen LogP contribution in [0.5, 0.6) is 0 Å². The Hall–Kier alpha value is -3.95. The first-order chi connectivity index (χ1) is 18.3. The second-order valence-corrected chi connectivity index (χ2v) is 9.14. The Kier molecular flexibility index (Phi) is 10.6. The molecule has 204 valence electrons. The van der Waals surface area contributed by atoms with E-state index in [0.717, 1.165) is 12.0 Å². The Morgan fingerprint density at radius 2 is 1.42 bits per heavy atom. The zero-order valence-corrected chi connectivity index (χ0v) is 21.6. The van der Waals surface area contributed by atoms with Gasteiger partial charge in [-0.05, 0) is 24.3 Å². The van der Waals surface area contributed by atoms with Crippen molar-refractivity contribution < 1.29 is 27.6 Å². The summed E-state index contributed by atoms with van der Waals surface area (Å²) in [5.74, 6) is 1.04. The predicted molar refractivity (Wildman–Crippen MR) is 142 cm³/mol. The maximum Gasteiger partial charge on any atom is 0.266 e. The van der Waals surface area contributed by atoms with Crippen LogP contribution in [-0.2, 0) is 19.5 Å². The topological polar surface area (TPSA) is 243 Å². The van der Waals surface area contributed by atoms with Crippen molar-refractivity contribution in [1.82, 2.24) is 29.9 Å². The van der Waals surface area contributed by atoms with Crippen molar-refractivity contribution in [2.45, 2.75) is 0 Å². The Morgan fingerprint density at radius 3 is 2.00 bits per heavy atom. The fourth-order valence-corrected chi connectivity index (χ4v) is 3.19. The van der Waals surface area contributed by atoms with Crippen LogP contribution >= 0.6 is 12.0 Å². The van der Waals surface area contributed by atoms with Gasteiger partial charge < -0.3 is 26.6 Å². The molecule has 0 radical (unpaired) electrons. The molecule has 20 heteroatoms. The summed E-state index contributed by atoms with van der Waals surface area (Å²) < 4.78 is 35.0. The highest BCUT2D eigenvalue weighted by Gasteiger charge is 2.09. The second-order valence-electron chi connectivity index (χ2n) is 6.87. The fraction of sp³-hybridized carbons (Fsp3) is 0.278. The molecule has 0 fully saturated rings. The van der Waals surface area contributed by atoms with Crippen LogP contribution in [0, 0.1) is 0 Å². The van der Waals surface area contributed by atoms with Gasteiger partial charge in [-0.15, -0.1) is 4.33 Å². The number of hydrogen-bond acceptors (Lipinski definition) is 18. The number of rotatable bonds is 15. The Labute approximate surface area is 221 Å². The summed E-state index contributed by atoms with van der Waals surface area (Å²) in [5, 5.41) is 26.1. The van der Waals surface area contributed by atoms with E-state index >= 15 is 0 Å². The highest BCUT2D eigenvalue weighted by Crippen LogP contribution is 2.21. The first-order valence-corrected chi connectivity index (χ1v) is 13.1. The minimum atomic E-state index is -4.12. The summed E-state index contributed by atoms with van der Waals surface area (Å²) in [5.41, 5.74) is 1.32. The van der Waals surface area contributed by atoms with E-state index in [1.165, 1.54) is 6.21 Å². The van der Waals surface area contributed by atoms with E-state index in [-0.39, 0.29) is 42.0 Å². The van der Waals surface area contributed by atoms with Crippen LogP contribution in [0.4, 0.5) is 47.1 Å². The van der Waals surface area contributed by atoms with Gasteiger partial charge in [-0.1, -0.05) is 5.04 Å². The molecule has 0 atom stereocenters. The van der Waals surface area contributed by atoms with Crippen LogP contribution in [0.2, 0.25) is 0 Å². The van der Waals surface area contributed by atoms with E-state index in [9.17, 15) is 8.42 Å². The lowest BCUT2D eigenvalue weighted by atomic mass is 10.3. The first kappa shape index (κ1) is 28.6. The summed E-state index contributed by atoms with van der Waals surface area (Å²) in [7, 11) is -0.838. The molecule has 0 aliphatic rings. The van der Waals surface area contributed by atoms with E-state index in [2.05, 4.69) is 70.9 Å². The lowest BCUT2D eigenvalue weighted by Crippen LogP contribution is -2.17. The largest absolute Gasteiger partial charge is 0.357 e. The monoisotopic (exact) mass is 568 g/mol. The molecule has 38 heavy (non-hydrogen) atoms. The van der Waals surface area contributed by atoms with Gasteiger partial charge in [-0.3, -0.25) is 4.55 Å². The normalized spacial score (nSPS) is 11.4. The molecule has 0 bridgehead atoms. The molecule has 3 aromatic rings. The zero-order valence-electron chi connectivity index (χ0n) is 20.0. The second kappa shape index (κ2) is 14.1. The summed E-state index contributed by atoms with van der Waals surface area (Å²) in [6.07, 6.45) is 1.47. The smallest absolute Gasteiger partial charge is 0.266 e. The van der Waals surface area contributed by atoms with Gasteiger partial charge in [0.15, 0.2) is 0 Å². The predicted octanol–water partition coefficient (Wildman–Crippen LogP) is 1.70. The maximum atomic E-state index is 10.9. The van der Waals surface area contributed by atoms with Crippen LogP contribution < -0.4 is 26.6 Å². The molecule has 1 aromatic carbocycles. The molecule has 3 rings (SSSR count). The quantitative estimate of drug-likeness (QED) is 0.0344. The zero-order chi connectivity index (χ0) is 27.4. The van der Waals surface area contributed by atoms with E-state index in [1.807, 2.05) is 0 Å². The Morgan fingerprint density at radius 1 is 0.895 bits per heavy atom. The van der Waals surface area contributed by atoms with Gasteiger partial charge in [0.2, 0.25) is 29.7 Å². The van der Waals surface area contributed by atoms with Gasteiger partial charge >= 0.3 is 0 Å². The van der Waals surface area contributed by atoms with Crippen molar-refractivity contribution in [3.8, 4) is 0 Å². The molecular formula is C18H24N12O6S2. The molecule has 0 amide bonds. The average molecular weight is 569 g/mol. The van der Waals surface area contributed by atoms with Crippen LogP contribution in [0.15, 0.2) is 29.3 Å². The van der Waals surface area contributed by atoms with Gasteiger partial charge in [0.05, 0.1) is 11.5 Å². The molecule has 0 unspecified atom stereocenters. The van der Waals surface area contributed by atoms with Crippen molar-refractivity contribution in [3.05, 3.63) is 24.3 Å². The van der Waals surface area contributed by atoms with Crippen molar-refractivity contribution in [1.29, 1.82) is 0 Å². The maximum absolute atomic E-state index is 10.9. The molecule has 2 heterocycles. The summed E-state index contributed by atoms with van der Waals surface area (Å²) >= 11 is 0.818. The fourth-order valence-electron chi connectivity index (χ4n) is 2.60. The number of benzene rings is 1. The van der Waals surface area contributed by atoms with Crippen LogP contribution in [-0.4, -0.2) is 86.5 Å². The number of anilines is 7. The Bertz CT molecular complexity index is 1330. The van der Waals surface area contributed by atoms with Crippen LogP contribution in [0.1, 0.15) is 0 Å². The standard InChI is InChI=1S/C18H24N12O6S2/c1-19-13-25-15(21-7-9-37-36-35-31)29-17(27-13)23-11-3-5-12(6-4-11)24-18-28-14(20-2)26-16(30-18)22-8-10-38(32,33)34/h3-7,31H,8-10H2,1-2H3,(H,32,33,34)(H2,19,23,25,27,29)(H3,20,22,24,26,28,30)/b21-7-. The molecule has 7 N–H and O–H groups in total. The minimum absolute atomic E-state index is 0.0861. The lowest BCUT2D eigenvalue weighted by Gasteiger charge is -2.11. The van der Waals surface area contributed by atoms with Crippen molar-refractivity contribution in [2.75, 3.05) is 58.7 Å². The Balaban J connectivity index is 1.67. The van der Waals surface area contributed by atoms with E-state index in [0.29, 0.717) is 17.3 Å². The molecule has 0 saturated heterocycles. The third-order valence-electron chi connectivity index (χ3n) is 4.17. The van der Waals surface area contributed by atoms with E-state index < -0.39 is 15.9 Å². The summed E-state index contributed by atoms with van der Waals surface area (Å²) in [4.78, 5) is 29.3. The highest BCUT2D eigenvalue weighted by atomic mass is 32.2. The molecule has 2 aromatic heterocycles. The van der Waals surface area contributed by atoms with Gasteiger partial charge in [0.1, 0.15) is 0 Å². The molecule has 0 aliphatic heterocycles. The highest BCUT2D eigenvalue weighted by molar-refractivity contribution is 7.95. The van der Waals surface area contributed by atoms with Crippen LogP contribution in [0.3, 0.4) is 0 Å². The molecule has 0 spiro atoms. The third-order valence-corrected chi connectivity index (χ3v) is 5.34.